The summed E-state index contributed by atoms with van der Waals surface area (Å²) >= 11 is 0. The average molecular weight is 312 g/mol. The highest BCUT2D eigenvalue weighted by Crippen LogP contribution is 2.11. The van der Waals surface area contributed by atoms with Gasteiger partial charge in [-0.2, -0.15) is 0 Å². The molecule has 0 saturated carbocycles. The van der Waals surface area contributed by atoms with Crippen molar-refractivity contribution in [1.82, 2.24) is 5.32 Å². The Bertz CT molecular complexity index is 690. The lowest BCUT2D eigenvalue weighted by molar-refractivity contribution is 0.0943. The lowest BCUT2D eigenvalue weighted by atomic mass is 10.1. The third-order valence-corrected chi connectivity index (χ3v) is 3.59. The average Bonchev–Trinajstić information content (AvgIpc) is 2.34. The molecule has 1 atom stereocenters. The summed E-state index contributed by atoms with van der Waals surface area (Å²) in [6.07, 6.45) is 1.08. The summed E-state index contributed by atoms with van der Waals surface area (Å²) < 4.78 is 35.6. The number of nitrogens with two attached hydrogens (primary N) is 1. The number of rotatable bonds is 4. The largest absolute Gasteiger partial charge is 0.349 e. The van der Waals surface area contributed by atoms with Gasteiger partial charge in [0, 0.05) is 17.9 Å². The van der Waals surface area contributed by atoms with Crippen molar-refractivity contribution in [2.75, 3.05) is 18.6 Å². The number of nitrogens with one attached hydrogen (secondary N) is 1. The number of hydrogen-bond donors (Lipinski definition) is 2. The fourth-order valence-corrected chi connectivity index (χ4v) is 2.75. The van der Waals surface area contributed by atoms with E-state index in [1.807, 2.05) is 0 Å². The molecular formula is C14H17FN2O3S. The molecule has 0 saturated heterocycles. The first-order valence-corrected chi connectivity index (χ1v) is 8.26. The highest BCUT2D eigenvalue weighted by Gasteiger charge is 2.17. The molecule has 1 aromatic carbocycles. The van der Waals surface area contributed by atoms with Gasteiger partial charge >= 0.3 is 0 Å². The maximum absolute atomic E-state index is 13.3. The van der Waals surface area contributed by atoms with Gasteiger partial charge < -0.3 is 11.1 Å². The number of carbonyl (C=O) groups excluding carboxylic acids is 1. The van der Waals surface area contributed by atoms with Crippen LogP contribution in [0.1, 0.15) is 22.8 Å². The first kappa shape index (κ1) is 17.1. The fraction of sp³-hybridized carbons (Fsp3) is 0.357. The van der Waals surface area contributed by atoms with Crippen LogP contribution in [-0.4, -0.2) is 38.9 Å². The lowest BCUT2D eigenvalue weighted by Crippen LogP contribution is -2.37. The molecule has 7 heteroatoms. The lowest BCUT2D eigenvalue weighted by Gasteiger charge is -2.13. The smallest absolute Gasteiger partial charge is 0.252 e. The summed E-state index contributed by atoms with van der Waals surface area (Å²) in [6, 6.07) is 3.04. The molecule has 1 aromatic rings. The highest BCUT2D eigenvalue weighted by molar-refractivity contribution is 7.90. The van der Waals surface area contributed by atoms with Gasteiger partial charge in [-0.25, -0.2) is 12.8 Å². The molecule has 0 heterocycles. The summed E-state index contributed by atoms with van der Waals surface area (Å²) in [5.41, 5.74) is 5.66. The molecule has 0 radical (unpaired) electrons. The van der Waals surface area contributed by atoms with Crippen LogP contribution < -0.4 is 11.1 Å². The molecule has 1 unspecified atom stereocenters. The van der Waals surface area contributed by atoms with Gasteiger partial charge in [-0.05, 0) is 25.1 Å². The van der Waals surface area contributed by atoms with E-state index in [4.69, 9.17) is 5.73 Å². The Hall–Kier alpha value is -1.91. The summed E-state index contributed by atoms with van der Waals surface area (Å²) in [7, 11) is -3.22. The van der Waals surface area contributed by atoms with Gasteiger partial charge in [0.1, 0.15) is 15.7 Å². The van der Waals surface area contributed by atoms with Gasteiger partial charge in [0.05, 0.1) is 17.9 Å². The minimum Gasteiger partial charge on any atom is -0.349 e. The molecule has 0 fully saturated rings. The monoisotopic (exact) mass is 312 g/mol. The van der Waals surface area contributed by atoms with Crippen LogP contribution in [-0.2, 0) is 9.84 Å². The third-order valence-electron chi connectivity index (χ3n) is 2.48. The Labute approximate surface area is 123 Å². The van der Waals surface area contributed by atoms with Crippen molar-refractivity contribution in [2.45, 2.75) is 13.0 Å². The molecular weight excluding hydrogens is 295 g/mol. The summed E-state index contributed by atoms with van der Waals surface area (Å²) in [5, 5.41) is 2.51. The van der Waals surface area contributed by atoms with Gasteiger partial charge in [0.25, 0.3) is 5.91 Å². The quantitative estimate of drug-likeness (QED) is 0.783. The molecule has 0 aliphatic carbocycles. The first-order valence-electron chi connectivity index (χ1n) is 6.20. The van der Waals surface area contributed by atoms with Crippen molar-refractivity contribution in [3.8, 4) is 11.8 Å². The van der Waals surface area contributed by atoms with Crippen LogP contribution in [0.2, 0.25) is 0 Å². The van der Waals surface area contributed by atoms with Gasteiger partial charge in [0.2, 0.25) is 0 Å². The van der Waals surface area contributed by atoms with Crippen LogP contribution in [0.3, 0.4) is 0 Å². The van der Waals surface area contributed by atoms with Gasteiger partial charge in [-0.1, -0.05) is 11.8 Å². The normalized spacial score (nSPS) is 12.2. The van der Waals surface area contributed by atoms with E-state index in [0.717, 1.165) is 12.3 Å². The molecule has 0 aliphatic heterocycles. The Morgan fingerprint density at radius 1 is 1.48 bits per heavy atom. The zero-order valence-corrected chi connectivity index (χ0v) is 12.6. The molecule has 114 valence electrons. The van der Waals surface area contributed by atoms with E-state index in [0.29, 0.717) is 5.56 Å². The molecule has 5 nitrogen and oxygen atoms in total. The van der Waals surface area contributed by atoms with Crippen molar-refractivity contribution in [3.05, 3.63) is 35.1 Å². The zero-order chi connectivity index (χ0) is 16.0. The first-order chi connectivity index (χ1) is 9.73. The van der Waals surface area contributed by atoms with Crippen LogP contribution in [0.4, 0.5) is 4.39 Å². The van der Waals surface area contributed by atoms with Gasteiger partial charge in [-0.3, -0.25) is 4.79 Å². The topological polar surface area (TPSA) is 89.3 Å². The van der Waals surface area contributed by atoms with Crippen molar-refractivity contribution in [3.63, 3.8) is 0 Å². The highest BCUT2D eigenvalue weighted by atomic mass is 32.2. The molecule has 0 spiro atoms. The predicted octanol–water partition coefficient (Wildman–Crippen LogP) is 0.299. The molecule has 1 rings (SSSR count). The van der Waals surface area contributed by atoms with Crippen LogP contribution in [0.25, 0.3) is 0 Å². The Balaban J connectivity index is 2.98. The number of hydrogen-bond acceptors (Lipinski definition) is 4. The number of sulfone groups is 1. The number of carbonyl (C=O) groups is 1. The standard InChI is InChI=1S/C14H17FN2O3S/c1-10(9-21(2,19)20)17-14(18)13-8-12(15)6-5-11(13)4-3-7-16/h5-6,8,10H,7,9,16H2,1-2H3,(H,17,18). The van der Waals surface area contributed by atoms with E-state index in [-0.39, 0.29) is 17.9 Å². The summed E-state index contributed by atoms with van der Waals surface area (Å²) in [5.74, 6) is 3.92. The van der Waals surface area contributed by atoms with Crippen molar-refractivity contribution in [2.24, 2.45) is 5.73 Å². The predicted molar refractivity (Wildman–Crippen MR) is 79.0 cm³/mol. The van der Waals surface area contributed by atoms with Crippen LogP contribution in [0.15, 0.2) is 18.2 Å². The van der Waals surface area contributed by atoms with Crippen molar-refractivity contribution < 1.29 is 17.6 Å². The van der Waals surface area contributed by atoms with E-state index in [1.54, 1.807) is 6.92 Å². The minimum atomic E-state index is -3.22. The number of benzene rings is 1. The summed E-state index contributed by atoms with van der Waals surface area (Å²) in [4.78, 5) is 12.1. The Morgan fingerprint density at radius 3 is 2.71 bits per heavy atom. The van der Waals surface area contributed by atoms with E-state index >= 15 is 0 Å². The SMILES string of the molecule is CC(CS(C)(=O)=O)NC(=O)c1cc(F)ccc1C#CCN. The van der Waals surface area contributed by atoms with Crippen LogP contribution in [0, 0.1) is 17.7 Å². The second-order valence-electron chi connectivity index (χ2n) is 4.66. The molecule has 0 bridgehead atoms. The maximum atomic E-state index is 13.3. The van der Waals surface area contributed by atoms with Crippen LogP contribution >= 0.6 is 0 Å². The molecule has 0 aliphatic rings. The third kappa shape index (κ3) is 5.94. The van der Waals surface area contributed by atoms with Crippen molar-refractivity contribution >= 4 is 15.7 Å². The van der Waals surface area contributed by atoms with Gasteiger partial charge in [0.15, 0.2) is 0 Å². The zero-order valence-electron chi connectivity index (χ0n) is 11.8. The number of halogens is 1. The van der Waals surface area contributed by atoms with Crippen molar-refractivity contribution in [1.29, 1.82) is 0 Å². The fourth-order valence-electron chi connectivity index (χ4n) is 1.76. The minimum absolute atomic E-state index is 0.0521. The second kappa shape index (κ2) is 7.20. The second-order valence-corrected chi connectivity index (χ2v) is 6.85. The summed E-state index contributed by atoms with van der Waals surface area (Å²) in [6.45, 7) is 1.67. The van der Waals surface area contributed by atoms with E-state index in [1.165, 1.54) is 12.1 Å². The van der Waals surface area contributed by atoms with E-state index < -0.39 is 27.6 Å². The maximum Gasteiger partial charge on any atom is 0.252 e. The number of amides is 1. The van der Waals surface area contributed by atoms with E-state index in [9.17, 15) is 17.6 Å². The van der Waals surface area contributed by atoms with E-state index in [2.05, 4.69) is 17.2 Å². The molecule has 1 amide bonds. The Kier molecular flexibility index (Phi) is 5.88. The van der Waals surface area contributed by atoms with Crippen LogP contribution in [0.5, 0.6) is 0 Å². The molecule has 0 aromatic heterocycles. The molecule has 3 N–H and O–H groups in total. The van der Waals surface area contributed by atoms with Gasteiger partial charge in [-0.15, -0.1) is 0 Å². The molecule has 21 heavy (non-hydrogen) atoms. The Morgan fingerprint density at radius 2 is 2.14 bits per heavy atom.